The smallest absolute Gasteiger partial charge is 0.120 e. The molecule has 0 aromatic carbocycles. The predicted octanol–water partition coefficient (Wildman–Crippen LogP) is 3.79. The first-order valence-corrected chi connectivity index (χ1v) is 6.85. The van der Waals surface area contributed by atoms with E-state index in [9.17, 15) is 5.11 Å². The lowest BCUT2D eigenvalue weighted by Crippen LogP contribution is -2.16. The summed E-state index contributed by atoms with van der Waals surface area (Å²) in [6, 6.07) is 0. The fourth-order valence-corrected chi connectivity index (χ4v) is 2.07. The van der Waals surface area contributed by atoms with Crippen LogP contribution in [-0.2, 0) is 4.74 Å². The van der Waals surface area contributed by atoms with Crippen LogP contribution in [0.1, 0.15) is 64.7 Å². The highest BCUT2D eigenvalue weighted by Crippen LogP contribution is 2.18. The molecule has 0 aromatic heterocycles. The molecule has 16 heavy (non-hydrogen) atoms. The minimum absolute atomic E-state index is 0.355. The highest BCUT2D eigenvalue weighted by Gasteiger charge is 2.13. The number of aliphatic hydroxyl groups excluding tert-OH is 1. The average molecular weight is 226 g/mol. The van der Waals surface area contributed by atoms with Crippen LogP contribution >= 0.6 is 0 Å². The van der Waals surface area contributed by atoms with Crippen LogP contribution in [-0.4, -0.2) is 17.8 Å². The first kappa shape index (κ1) is 13.6. The molecule has 2 heteroatoms. The van der Waals surface area contributed by atoms with Gasteiger partial charge in [-0.05, 0) is 25.3 Å². The number of ether oxygens (including phenoxy) is 1. The summed E-state index contributed by atoms with van der Waals surface area (Å²) >= 11 is 0. The first-order valence-electron chi connectivity index (χ1n) is 6.85. The van der Waals surface area contributed by atoms with Crippen molar-refractivity contribution in [2.24, 2.45) is 0 Å². The molecule has 0 amide bonds. The molecule has 0 fully saturated rings. The van der Waals surface area contributed by atoms with E-state index in [1.165, 1.54) is 32.1 Å². The summed E-state index contributed by atoms with van der Waals surface area (Å²) in [5.74, 6) is 0.819. The van der Waals surface area contributed by atoms with E-state index in [0.29, 0.717) is 0 Å². The van der Waals surface area contributed by atoms with Gasteiger partial charge >= 0.3 is 0 Å². The lowest BCUT2D eigenvalue weighted by atomic mass is 10.0. The maximum Gasteiger partial charge on any atom is 0.120 e. The SMILES string of the molecule is CCCCCCCCC(O)C1=CCCCO1. The molecule has 1 heterocycles. The van der Waals surface area contributed by atoms with Gasteiger partial charge in [0, 0.05) is 0 Å². The molecular weight excluding hydrogens is 200 g/mol. The first-order chi connectivity index (χ1) is 7.84. The monoisotopic (exact) mass is 226 g/mol. The molecule has 1 aliphatic rings. The van der Waals surface area contributed by atoms with E-state index in [2.05, 4.69) is 6.92 Å². The van der Waals surface area contributed by atoms with Gasteiger partial charge in [0.25, 0.3) is 0 Å². The van der Waals surface area contributed by atoms with E-state index in [4.69, 9.17) is 4.74 Å². The molecule has 2 nitrogen and oxygen atoms in total. The van der Waals surface area contributed by atoms with Crippen molar-refractivity contribution in [3.05, 3.63) is 11.8 Å². The minimum Gasteiger partial charge on any atom is -0.496 e. The molecule has 0 bridgehead atoms. The van der Waals surface area contributed by atoms with Gasteiger partial charge in [-0.2, -0.15) is 0 Å². The van der Waals surface area contributed by atoms with Crippen LogP contribution in [0.25, 0.3) is 0 Å². The number of hydrogen-bond donors (Lipinski definition) is 1. The van der Waals surface area contributed by atoms with Gasteiger partial charge in [-0.3, -0.25) is 0 Å². The van der Waals surface area contributed by atoms with Crippen molar-refractivity contribution in [1.82, 2.24) is 0 Å². The second kappa shape index (κ2) is 8.63. The fraction of sp³-hybridized carbons (Fsp3) is 0.857. The molecule has 1 N–H and O–H groups in total. The summed E-state index contributed by atoms with van der Waals surface area (Å²) in [5.41, 5.74) is 0. The van der Waals surface area contributed by atoms with Crippen molar-refractivity contribution in [3.63, 3.8) is 0 Å². The molecule has 1 aliphatic heterocycles. The van der Waals surface area contributed by atoms with Crippen molar-refractivity contribution < 1.29 is 9.84 Å². The van der Waals surface area contributed by atoms with E-state index >= 15 is 0 Å². The number of unbranched alkanes of at least 4 members (excludes halogenated alkanes) is 5. The summed E-state index contributed by atoms with van der Waals surface area (Å²) < 4.78 is 5.45. The number of hydrogen-bond acceptors (Lipinski definition) is 2. The number of rotatable bonds is 8. The van der Waals surface area contributed by atoms with E-state index in [1.807, 2.05) is 6.08 Å². The van der Waals surface area contributed by atoms with E-state index < -0.39 is 0 Å². The zero-order chi connectivity index (χ0) is 11.6. The highest BCUT2D eigenvalue weighted by atomic mass is 16.5. The van der Waals surface area contributed by atoms with Crippen LogP contribution in [0, 0.1) is 0 Å². The van der Waals surface area contributed by atoms with Crippen LogP contribution in [0.4, 0.5) is 0 Å². The molecular formula is C14H26O2. The van der Waals surface area contributed by atoms with E-state index in [-0.39, 0.29) is 6.10 Å². The second-order valence-corrected chi connectivity index (χ2v) is 4.67. The van der Waals surface area contributed by atoms with Crippen LogP contribution in [0.5, 0.6) is 0 Å². The van der Waals surface area contributed by atoms with E-state index in [1.54, 1.807) is 0 Å². The quantitative estimate of drug-likeness (QED) is 0.638. The topological polar surface area (TPSA) is 29.5 Å². The van der Waals surface area contributed by atoms with Gasteiger partial charge in [0.2, 0.25) is 0 Å². The molecule has 0 radical (unpaired) electrons. The third-order valence-corrected chi connectivity index (χ3v) is 3.12. The molecule has 0 aromatic rings. The summed E-state index contributed by atoms with van der Waals surface area (Å²) in [4.78, 5) is 0. The Balaban J connectivity index is 2.01. The molecule has 0 spiro atoms. The standard InChI is InChI=1S/C14H26O2/c1-2-3-4-5-6-7-10-13(15)14-11-8-9-12-16-14/h11,13,15H,2-10,12H2,1H3. The molecule has 1 atom stereocenters. The molecule has 0 aliphatic carbocycles. The van der Waals surface area contributed by atoms with Crippen molar-refractivity contribution in [3.8, 4) is 0 Å². The Morgan fingerprint density at radius 1 is 1.25 bits per heavy atom. The molecule has 1 unspecified atom stereocenters. The predicted molar refractivity (Wildman–Crippen MR) is 67.3 cm³/mol. The summed E-state index contributed by atoms with van der Waals surface area (Å²) in [5, 5.41) is 9.88. The molecule has 0 saturated carbocycles. The van der Waals surface area contributed by atoms with Crippen LogP contribution < -0.4 is 0 Å². The fourth-order valence-electron chi connectivity index (χ4n) is 2.07. The van der Waals surface area contributed by atoms with Gasteiger partial charge in [0.1, 0.15) is 11.9 Å². The molecule has 94 valence electrons. The summed E-state index contributed by atoms with van der Waals surface area (Å²) in [7, 11) is 0. The van der Waals surface area contributed by atoms with Gasteiger partial charge in [-0.15, -0.1) is 0 Å². The Kier molecular flexibility index (Phi) is 7.32. The van der Waals surface area contributed by atoms with E-state index in [0.717, 1.165) is 38.0 Å². The number of allylic oxidation sites excluding steroid dienone is 1. The minimum atomic E-state index is -0.355. The zero-order valence-electron chi connectivity index (χ0n) is 10.6. The normalized spacial score (nSPS) is 17.8. The Morgan fingerprint density at radius 2 is 2.00 bits per heavy atom. The maximum atomic E-state index is 9.88. The maximum absolute atomic E-state index is 9.88. The van der Waals surface area contributed by atoms with Crippen LogP contribution in [0.2, 0.25) is 0 Å². The lowest BCUT2D eigenvalue weighted by molar-refractivity contribution is 0.0850. The Labute approximate surface area is 99.7 Å². The zero-order valence-corrected chi connectivity index (χ0v) is 10.6. The second-order valence-electron chi connectivity index (χ2n) is 4.67. The largest absolute Gasteiger partial charge is 0.496 e. The summed E-state index contributed by atoms with van der Waals surface area (Å²) in [6.45, 7) is 3.01. The van der Waals surface area contributed by atoms with Crippen LogP contribution in [0.3, 0.4) is 0 Å². The summed E-state index contributed by atoms with van der Waals surface area (Å²) in [6.07, 6.45) is 12.3. The van der Waals surface area contributed by atoms with Gasteiger partial charge in [0.05, 0.1) is 6.61 Å². The van der Waals surface area contributed by atoms with Gasteiger partial charge in [-0.1, -0.05) is 45.4 Å². The van der Waals surface area contributed by atoms with Crippen molar-refractivity contribution in [1.29, 1.82) is 0 Å². The van der Waals surface area contributed by atoms with Gasteiger partial charge in [0.15, 0.2) is 0 Å². The van der Waals surface area contributed by atoms with Gasteiger partial charge < -0.3 is 9.84 Å². The van der Waals surface area contributed by atoms with Crippen molar-refractivity contribution in [2.45, 2.75) is 70.8 Å². The third kappa shape index (κ3) is 5.55. The highest BCUT2D eigenvalue weighted by molar-refractivity contribution is 5.01. The van der Waals surface area contributed by atoms with Crippen LogP contribution in [0.15, 0.2) is 11.8 Å². The number of aliphatic hydroxyl groups is 1. The molecule has 0 saturated heterocycles. The Hall–Kier alpha value is -0.500. The van der Waals surface area contributed by atoms with Gasteiger partial charge in [-0.25, -0.2) is 0 Å². The van der Waals surface area contributed by atoms with Crippen molar-refractivity contribution >= 4 is 0 Å². The Bertz CT molecular complexity index is 199. The molecule has 1 rings (SSSR count). The average Bonchev–Trinajstić information content (AvgIpc) is 2.34. The third-order valence-electron chi connectivity index (χ3n) is 3.12. The van der Waals surface area contributed by atoms with Crippen molar-refractivity contribution in [2.75, 3.05) is 6.61 Å². The lowest BCUT2D eigenvalue weighted by Gasteiger charge is -2.19. The Morgan fingerprint density at radius 3 is 2.69 bits per heavy atom.